The predicted octanol–water partition coefficient (Wildman–Crippen LogP) is -0.00710. The molecule has 0 bridgehead atoms. The van der Waals surface area contributed by atoms with Crippen molar-refractivity contribution in [3.63, 3.8) is 0 Å². The van der Waals surface area contributed by atoms with Crippen molar-refractivity contribution in [2.45, 2.75) is 0 Å². The Morgan fingerprint density at radius 3 is 3.00 bits per heavy atom. The highest BCUT2D eigenvalue weighted by Gasteiger charge is 2.15. The van der Waals surface area contributed by atoms with Crippen LogP contribution in [0.5, 0.6) is 5.88 Å². The molecule has 11 heavy (non-hydrogen) atoms. The number of aromatic nitrogens is 1. The predicted molar refractivity (Wildman–Crippen MR) is 36.0 cm³/mol. The third-order valence-electron chi connectivity index (χ3n) is 1.24. The molecule has 0 amide bonds. The van der Waals surface area contributed by atoms with Crippen LogP contribution in [0.3, 0.4) is 0 Å². The van der Waals surface area contributed by atoms with Crippen molar-refractivity contribution in [1.29, 1.82) is 0 Å². The molecule has 4 heteroatoms. The van der Waals surface area contributed by atoms with Gasteiger partial charge in [-0.15, -0.1) is 0 Å². The van der Waals surface area contributed by atoms with Crippen LogP contribution < -0.4 is 4.98 Å². The first kappa shape index (κ1) is 7.53. The maximum atomic E-state index is 10.8. The SMILES string of the molecule is COC(=O)c1ccc[nH+]c1O. The number of aromatic hydroxyl groups is 1. The van der Waals surface area contributed by atoms with Gasteiger partial charge in [-0.2, -0.15) is 4.98 Å². The highest BCUT2D eigenvalue weighted by atomic mass is 16.5. The van der Waals surface area contributed by atoms with Crippen LogP contribution in [0.1, 0.15) is 10.4 Å². The third kappa shape index (κ3) is 1.46. The summed E-state index contributed by atoms with van der Waals surface area (Å²) in [5.74, 6) is -0.737. The fourth-order valence-electron chi connectivity index (χ4n) is 0.703. The van der Waals surface area contributed by atoms with Crippen LogP contribution in [-0.4, -0.2) is 18.2 Å². The van der Waals surface area contributed by atoms with Crippen LogP contribution in [0.15, 0.2) is 18.3 Å². The molecular formula is C7H8NO3+. The maximum Gasteiger partial charge on any atom is 0.378 e. The molecule has 0 aliphatic heterocycles. The number of hydrogen-bond acceptors (Lipinski definition) is 3. The molecule has 0 spiro atoms. The van der Waals surface area contributed by atoms with E-state index in [-0.39, 0.29) is 11.4 Å². The number of hydrogen-bond donors (Lipinski definition) is 1. The number of nitrogens with one attached hydrogen (secondary N) is 1. The van der Waals surface area contributed by atoms with Gasteiger partial charge >= 0.3 is 11.8 Å². The van der Waals surface area contributed by atoms with Gasteiger partial charge in [0.05, 0.1) is 7.11 Å². The van der Waals surface area contributed by atoms with Gasteiger partial charge in [0.25, 0.3) is 0 Å². The van der Waals surface area contributed by atoms with Crippen LogP contribution >= 0.6 is 0 Å². The molecule has 1 rings (SSSR count). The second-order valence-electron chi connectivity index (χ2n) is 1.92. The van der Waals surface area contributed by atoms with Crippen LogP contribution in [-0.2, 0) is 4.74 Å². The number of H-pyrrole nitrogens is 1. The maximum absolute atomic E-state index is 10.8. The van der Waals surface area contributed by atoms with Gasteiger partial charge in [-0.25, -0.2) is 4.79 Å². The monoisotopic (exact) mass is 154 g/mol. The second-order valence-corrected chi connectivity index (χ2v) is 1.92. The van der Waals surface area contributed by atoms with Crippen molar-refractivity contribution in [2.24, 2.45) is 0 Å². The Kier molecular flexibility index (Phi) is 2.06. The molecule has 0 radical (unpaired) electrons. The van der Waals surface area contributed by atoms with E-state index in [1.807, 2.05) is 0 Å². The number of aromatic amines is 1. The van der Waals surface area contributed by atoms with Crippen LogP contribution in [0.25, 0.3) is 0 Å². The van der Waals surface area contributed by atoms with Crippen molar-refractivity contribution >= 4 is 5.97 Å². The molecule has 2 N–H and O–H groups in total. The number of methoxy groups -OCH3 is 1. The largest absolute Gasteiger partial charge is 0.465 e. The van der Waals surface area contributed by atoms with Gasteiger partial charge in [0, 0.05) is 6.07 Å². The molecule has 0 fully saturated rings. The lowest BCUT2D eigenvalue weighted by atomic mass is 10.3. The van der Waals surface area contributed by atoms with E-state index in [2.05, 4.69) is 9.72 Å². The number of pyridine rings is 1. The van der Waals surface area contributed by atoms with Crippen LogP contribution in [0.2, 0.25) is 0 Å². The van der Waals surface area contributed by atoms with E-state index in [4.69, 9.17) is 5.11 Å². The average molecular weight is 154 g/mol. The van der Waals surface area contributed by atoms with Crippen molar-refractivity contribution < 1.29 is 19.6 Å². The molecule has 0 aliphatic rings. The van der Waals surface area contributed by atoms with E-state index in [0.29, 0.717) is 0 Å². The summed E-state index contributed by atoms with van der Waals surface area (Å²) in [7, 11) is 1.26. The van der Waals surface area contributed by atoms with E-state index < -0.39 is 5.97 Å². The lowest BCUT2D eigenvalue weighted by molar-refractivity contribution is -0.394. The van der Waals surface area contributed by atoms with Crippen molar-refractivity contribution in [1.82, 2.24) is 0 Å². The number of ether oxygens (including phenoxy) is 1. The van der Waals surface area contributed by atoms with Gasteiger partial charge in [-0.1, -0.05) is 0 Å². The minimum atomic E-state index is -0.556. The molecule has 0 saturated carbocycles. The van der Waals surface area contributed by atoms with Crippen LogP contribution in [0, 0.1) is 0 Å². The first-order valence-electron chi connectivity index (χ1n) is 3.03. The van der Waals surface area contributed by atoms with Gasteiger partial charge in [0.2, 0.25) is 0 Å². The number of carbonyl (C=O) groups excluding carboxylic acids is 1. The van der Waals surface area contributed by atoms with E-state index in [9.17, 15) is 4.79 Å². The van der Waals surface area contributed by atoms with Gasteiger partial charge in [-0.3, -0.25) is 0 Å². The third-order valence-corrected chi connectivity index (χ3v) is 1.24. The molecule has 1 aromatic rings. The average Bonchev–Trinajstić information content (AvgIpc) is 2.04. The second kappa shape index (κ2) is 3.01. The Morgan fingerprint density at radius 2 is 2.45 bits per heavy atom. The standard InChI is InChI=1S/C7H7NO3/c1-11-7(10)5-3-2-4-8-6(5)9/h2-4H,1H3,(H,8,9)/p+1. The van der Waals surface area contributed by atoms with Gasteiger partial charge in [-0.05, 0) is 6.07 Å². The summed E-state index contributed by atoms with van der Waals surface area (Å²) >= 11 is 0. The summed E-state index contributed by atoms with van der Waals surface area (Å²) in [5.41, 5.74) is 0.134. The van der Waals surface area contributed by atoms with Crippen molar-refractivity contribution in [3.8, 4) is 5.88 Å². The fraction of sp³-hybridized carbons (Fsp3) is 0.143. The van der Waals surface area contributed by atoms with E-state index in [0.717, 1.165) is 0 Å². The Bertz CT molecular complexity index is 272. The highest BCUT2D eigenvalue weighted by molar-refractivity contribution is 5.90. The molecule has 4 nitrogen and oxygen atoms in total. The lowest BCUT2D eigenvalue weighted by Crippen LogP contribution is -2.09. The molecule has 0 aliphatic carbocycles. The van der Waals surface area contributed by atoms with Gasteiger partial charge in [0.15, 0.2) is 11.8 Å². The molecule has 0 unspecified atom stereocenters. The molecule has 0 saturated heterocycles. The first-order chi connectivity index (χ1) is 5.25. The molecule has 0 aromatic carbocycles. The molecule has 58 valence electrons. The normalized spacial score (nSPS) is 9.18. The Labute approximate surface area is 63.5 Å². The molecule has 1 aromatic heterocycles. The fourth-order valence-corrected chi connectivity index (χ4v) is 0.703. The Morgan fingerprint density at radius 1 is 1.73 bits per heavy atom. The quantitative estimate of drug-likeness (QED) is 0.579. The zero-order valence-corrected chi connectivity index (χ0v) is 6.00. The summed E-state index contributed by atoms with van der Waals surface area (Å²) < 4.78 is 4.40. The number of esters is 1. The van der Waals surface area contributed by atoms with Crippen molar-refractivity contribution in [3.05, 3.63) is 23.9 Å². The van der Waals surface area contributed by atoms with Crippen molar-refractivity contribution in [2.75, 3.05) is 7.11 Å². The topological polar surface area (TPSA) is 60.7 Å². The van der Waals surface area contributed by atoms with Gasteiger partial charge in [0.1, 0.15) is 0 Å². The smallest absolute Gasteiger partial charge is 0.378 e. The summed E-state index contributed by atoms with van der Waals surface area (Å²) in [4.78, 5) is 13.3. The zero-order chi connectivity index (χ0) is 8.27. The highest BCUT2D eigenvalue weighted by Crippen LogP contribution is 2.08. The summed E-state index contributed by atoms with van der Waals surface area (Å²) in [6.07, 6.45) is 1.52. The summed E-state index contributed by atoms with van der Waals surface area (Å²) in [6, 6.07) is 3.07. The van der Waals surface area contributed by atoms with E-state index >= 15 is 0 Å². The lowest BCUT2D eigenvalue weighted by Gasteiger charge is -1.94. The number of carbonyl (C=O) groups is 1. The van der Waals surface area contributed by atoms with E-state index in [1.165, 1.54) is 19.4 Å². The Hall–Kier alpha value is -1.58. The van der Waals surface area contributed by atoms with Gasteiger partial charge < -0.3 is 9.84 Å². The molecule has 0 atom stereocenters. The number of rotatable bonds is 1. The van der Waals surface area contributed by atoms with Crippen LogP contribution in [0.4, 0.5) is 0 Å². The molecule has 1 heterocycles. The first-order valence-corrected chi connectivity index (χ1v) is 3.03. The van der Waals surface area contributed by atoms with E-state index in [1.54, 1.807) is 6.07 Å². The minimum Gasteiger partial charge on any atom is -0.465 e. The minimum absolute atomic E-state index is 0.134. The summed E-state index contributed by atoms with van der Waals surface area (Å²) in [5, 5.41) is 9.06. The molecular weight excluding hydrogens is 146 g/mol. The summed E-state index contributed by atoms with van der Waals surface area (Å²) in [6.45, 7) is 0. The zero-order valence-electron chi connectivity index (χ0n) is 6.00. The Balaban J connectivity index is 3.03.